The van der Waals surface area contributed by atoms with Crippen molar-refractivity contribution in [3.63, 3.8) is 0 Å². The van der Waals surface area contributed by atoms with Crippen molar-refractivity contribution in [2.75, 3.05) is 13.7 Å². The molecule has 0 aliphatic carbocycles. The first kappa shape index (κ1) is 11.7. The molecule has 3 heteroatoms. The summed E-state index contributed by atoms with van der Waals surface area (Å²) in [5, 5.41) is 3.12. The van der Waals surface area contributed by atoms with Gasteiger partial charge in [-0.05, 0) is 32.5 Å². The lowest BCUT2D eigenvalue weighted by molar-refractivity contribution is 0.342. The average Bonchev–Trinajstić information content (AvgIpc) is 2.19. The van der Waals surface area contributed by atoms with Crippen LogP contribution in [0.25, 0.3) is 0 Å². The van der Waals surface area contributed by atoms with Crippen LogP contribution in [0.2, 0.25) is 0 Å². The van der Waals surface area contributed by atoms with E-state index in [4.69, 9.17) is 4.74 Å². The van der Waals surface area contributed by atoms with Crippen LogP contribution in [0.15, 0.2) is 18.7 Å². The molecule has 0 aliphatic heterocycles. The van der Waals surface area contributed by atoms with E-state index in [1.54, 1.807) is 6.08 Å². The zero-order valence-electron chi connectivity index (χ0n) is 9.63. The molecule has 0 unspecified atom stereocenters. The van der Waals surface area contributed by atoms with Gasteiger partial charge in [0.15, 0.2) is 0 Å². The Hall–Kier alpha value is -1.35. The lowest BCUT2D eigenvalue weighted by atomic mass is 10.1. The summed E-state index contributed by atoms with van der Waals surface area (Å²) in [6.45, 7) is 8.93. The minimum Gasteiger partial charge on any atom is -0.473 e. The third-order valence-electron chi connectivity index (χ3n) is 2.13. The Morgan fingerprint density at radius 3 is 2.87 bits per heavy atom. The SMILES string of the molecule is C=CCOc1nc(C)cc(C)c1CNC. The molecular formula is C12H18N2O. The van der Waals surface area contributed by atoms with Gasteiger partial charge >= 0.3 is 0 Å². The van der Waals surface area contributed by atoms with Gasteiger partial charge in [0.2, 0.25) is 5.88 Å². The van der Waals surface area contributed by atoms with Crippen molar-refractivity contribution in [3.8, 4) is 5.88 Å². The molecule has 82 valence electrons. The largest absolute Gasteiger partial charge is 0.473 e. The number of aromatic nitrogens is 1. The van der Waals surface area contributed by atoms with Gasteiger partial charge in [0.1, 0.15) is 6.61 Å². The molecule has 0 bridgehead atoms. The van der Waals surface area contributed by atoms with E-state index in [1.165, 1.54) is 5.56 Å². The molecule has 1 heterocycles. The topological polar surface area (TPSA) is 34.1 Å². The van der Waals surface area contributed by atoms with Gasteiger partial charge < -0.3 is 10.1 Å². The summed E-state index contributed by atoms with van der Waals surface area (Å²) in [6, 6.07) is 2.06. The summed E-state index contributed by atoms with van der Waals surface area (Å²) in [6.07, 6.45) is 1.72. The van der Waals surface area contributed by atoms with Gasteiger partial charge in [-0.1, -0.05) is 12.7 Å². The molecule has 3 nitrogen and oxygen atoms in total. The molecule has 0 aliphatic rings. The first-order valence-electron chi connectivity index (χ1n) is 5.04. The molecule has 0 radical (unpaired) electrons. The minimum atomic E-state index is 0.493. The van der Waals surface area contributed by atoms with Crippen LogP contribution in [0, 0.1) is 13.8 Å². The van der Waals surface area contributed by atoms with Gasteiger partial charge in [-0.2, -0.15) is 0 Å². The number of rotatable bonds is 5. The van der Waals surface area contributed by atoms with Crippen LogP contribution < -0.4 is 10.1 Å². The Kier molecular flexibility index (Phi) is 4.31. The van der Waals surface area contributed by atoms with E-state index in [2.05, 4.69) is 29.9 Å². The minimum absolute atomic E-state index is 0.493. The van der Waals surface area contributed by atoms with Crippen molar-refractivity contribution in [2.24, 2.45) is 0 Å². The first-order valence-corrected chi connectivity index (χ1v) is 5.04. The Balaban J connectivity index is 3.02. The molecule has 1 N–H and O–H groups in total. The second-order valence-corrected chi connectivity index (χ2v) is 3.49. The molecule has 1 rings (SSSR count). The Morgan fingerprint density at radius 2 is 2.27 bits per heavy atom. The first-order chi connectivity index (χ1) is 7.19. The molecule has 0 fully saturated rings. The summed E-state index contributed by atoms with van der Waals surface area (Å²) in [5.74, 6) is 0.710. The zero-order chi connectivity index (χ0) is 11.3. The van der Waals surface area contributed by atoms with Crippen LogP contribution in [0.1, 0.15) is 16.8 Å². The second kappa shape index (κ2) is 5.51. The zero-order valence-corrected chi connectivity index (χ0v) is 9.63. The van der Waals surface area contributed by atoms with E-state index in [0.717, 1.165) is 17.8 Å². The highest BCUT2D eigenvalue weighted by Gasteiger charge is 2.08. The van der Waals surface area contributed by atoms with Crippen molar-refractivity contribution in [1.29, 1.82) is 0 Å². The van der Waals surface area contributed by atoms with E-state index in [0.29, 0.717) is 12.5 Å². The van der Waals surface area contributed by atoms with Gasteiger partial charge in [-0.15, -0.1) is 0 Å². The molecule has 0 aromatic carbocycles. The number of ether oxygens (including phenoxy) is 1. The van der Waals surface area contributed by atoms with E-state index >= 15 is 0 Å². The molecular weight excluding hydrogens is 188 g/mol. The maximum Gasteiger partial charge on any atom is 0.218 e. The summed E-state index contributed by atoms with van der Waals surface area (Å²) >= 11 is 0. The Bertz CT molecular complexity index is 348. The van der Waals surface area contributed by atoms with Crippen LogP contribution >= 0.6 is 0 Å². The van der Waals surface area contributed by atoms with Crippen molar-refractivity contribution < 1.29 is 4.74 Å². The molecule has 0 saturated heterocycles. The fourth-order valence-corrected chi connectivity index (χ4v) is 1.48. The molecule has 0 amide bonds. The van der Waals surface area contributed by atoms with Gasteiger partial charge in [-0.25, -0.2) is 4.98 Å². The Labute approximate surface area is 91.2 Å². The van der Waals surface area contributed by atoms with Crippen molar-refractivity contribution >= 4 is 0 Å². The number of aryl methyl sites for hydroxylation is 2. The molecule has 0 spiro atoms. The lowest BCUT2D eigenvalue weighted by Gasteiger charge is -2.12. The quantitative estimate of drug-likeness (QED) is 0.748. The smallest absolute Gasteiger partial charge is 0.218 e. The lowest BCUT2D eigenvalue weighted by Crippen LogP contribution is -2.11. The second-order valence-electron chi connectivity index (χ2n) is 3.49. The molecule has 15 heavy (non-hydrogen) atoms. The van der Waals surface area contributed by atoms with Gasteiger partial charge in [0.05, 0.1) is 0 Å². The Morgan fingerprint density at radius 1 is 1.53 bits per heavy atom. The highest BCUT2D eigenvalue weighted by atomic mass is 16.5. The summed E-state index contributed by atoms with van der Waals surface area (Å²) in [4.78, 5) is 4.38. The molecule has 0 atom stereocenters. The third-order valence-corrected chi connectivity index (χ3v) is 2.13. The van der Waals surface area contributed by atoms with E-state index in [-0.39, 0.29) is 0 Å². The predicted octanol–water partition coefficient (Wildman–Crippen LogP) is 1.98. The van der Waals surface area contributed by atoms with Gasteiger partial charge in [0.25, 0.3) is 0 Å². The van der Waals surface area contributed by atoms with Crippen molar-refractivity contribution in [1.82, 2.24) is 10.3 Å². The van der Waals surface area contributed by atoms with Crippen molar-refractivity contribution in [3.05, 3.63) is 35.5 Å². The fraction of sp³-hybridized carbons (Fsp3) is 0.417. The summed E-state index contributed by atoms with van der Waals surface area (Å²) in [5.41, 5.74) is 3.30. The molecule has 0 saturated carbocycles. The number of hydrogen-bond donors (Lipinski definition) is 1. The van der Waals surface area contributed by atoms with E-state index < -0.39 is 0 Å². The average molecular weight is 206 g/mol. The maximum absolute atomic E-state index is 5.53. The monoisotopic (exact) mass is 206 g/mol. The number of hydrogen-bond acceptors (Lipinski definition) is 3. The van der Waals surface area contributed by atoms with Crippen LogP contribution in [0.4, 0.5) is 0 Å². The van der Waals surface area contributed by atoms with Crippen LogP contribution in [-0.4, -0.2) is 18.6 Å². The van der Waals surface area contributed by atoms with Crippen LogP contribution in [-0.2, 0) is 6.54 Å². The van der Waals surface area contributed by atoms with E-state index in [9.17, 15) is 0 Å². The predicted molar refractivity (Wildman–Crippen MR) is 62.2 cm³/mol. The van der Waals surface area contributed by atoms with Crippen LogP contribution in [0.3, 0.4) is 0 Å². The standard InChI is InChI=1S/C12H18N2O/c1-5-6-15-12-11(8-13-4)9(2)7-10(3)14-12/h5,7,13H,1,6,8H2,2-4H3. The van der Waals surface area contributed by atoms with Crippen LogP contribution in [0.5, 0.6) is 5.88 Å². The van der Waals surface area contributed by atoms with Crippen molar-refractivity contribution in [2.45, 2.75) is 20.4 Å². The van der Waals surface area contributed by atoms with E-state index in [1.807, 2.05) is 14.0 Å². The molecule has 1 aromatic rings. The molecule has 1 aromatic heterocycles. The van der Waals surface area contributed by atoms with Gasteiger partial charge in [-0.3, -0.25) is 0 Å². The number of nitrogens with one attached hydrogen (secondary N) is 1. The number of nitrogens with zero attached hydrogens (tertiary/aromatic N) is 1. The highest BCUT2D eigenvalue weighted by Crippen LogP contribution is 2.20. The third kappa shape index (κ3) is 3.06. The summed E-state index contributed by atoms with van der Waals surface area (Å²) < 4.78 is 5.53. The van der Waals surface area contributed by atoms with Gasteiger partial charge in [0, 0.05) is 17.8 Å². The maximum atomic E-state index is 5.53. The number of pyridine rings is 1. The fourth-order valence-electron chi connectivity index (χ4n) is 1.48. The summed E-state index contributed by atoms with van der Waals surface area (Å²) in [7, 11) is 1.91. The normalized spacial score (nSPS) is 10.1. The highest BCUT2D eigenvalue weighted by molar-refractivity contribution is 5.35.